The van der Waals surface area contributed by atoms with Crippen LogP contribution in [0.15, 0.2) is 60.7 Å². The maximum atomic E-state index is 12.7. The van der Waals surface area contributed by atoms with E-state index in [-0.39, 0.29) is 29.2 Å². The average Bonchev–Trinajstić information content (AvgIpc) is 3.04. The van der Waals surface area contributed by atoms with Crippen LogP contribution in [-0.4, -0.2) is 30.3 Å². The highest BCUT2D eigenvalue weighted by Gasteiger charge is 2.47. The third kappa shape index (κ3) is 4.22. The largest absolute Gasteiger partial charge is 0.452 e. The highest BCUT2D eigenvalue weighted by atomic mass is 35.5. The van der Waals surface area contributed by atoms with Gasteiger partial charge in [0, 0.05) is 0 Å². The topological polar surface area (TPSA) is 92.8 Å². The lowest BCUT2D eigenvalue weighted by Crippen LogP contribution is -2.31. The summed E-state index contributed by atoms with van der Waals surface area (Å²) in [5, 5.41) is 2.93. The molecule has 0 radical (unpaired) electrons. The molecule has 0 saturated carbocycles. The summed E-state index contributed by atoms with van der Waals surface area (Å²) in [6.07, 6.45) is 4.90. The van der Waals surface area contributed by atoms with Crippen LogP contribution in [-0.2, 0) is 19.1 Å². The van der Waals surface area contributed by atoms with Gasteiger partial charge in [-0.2, -0.15) is 0 Å². The van der Waals surface area contributed by atoms with Gasteiger partial charge in [-0.1, -0.05) is 42.0 Å². The number of nitrogens with zero attached hydrogens (tertiary/aromatic N) is 1. The number of benzene rings is 2. The van der Waals surface area contributed by atoms with Crippen molar-refractivity contribution in [2.24, 2.45) is 11.8 Å². The summed E-state index contributed by atoms with van der Waals surface area (Å²) in [5.74, 6) is -2.52. The normalized spacial score (nSPS) is 19.8. The predicted octanol–water partition coefficient (Wildman–Crippen LogP) is 3.59. The van der Waals surface area contributed by atoms with Crippen molar-refractivity contribution >= 4 is 46.7 Å². The number of para-hydroxylation sites is 1. The smallest absolute Gasteiger partial charge is 0.338 e. The van der Waals surface area contributed by atoms with Crippen molar-refractivity contribution in [3.8, 4) is 0 Å². The molecular weight excluding hydrogens is 420 g/mol. The molecule has 2 aromatic carbocycles. The monoisotopic (exact) mass is 438 g/mol. The molecule has 2 atom stereocenters. The van der Waals surface area contributed by atoms with Crippen molar-refractivity contribution in [1.82, 2.24) is 0 Å². The minimum atomic E-state index is -0.741. The molecule has 2 aromatic rings. The molecule has 3 amide bonds. The van der Waals surface area contributed by atoms with Crippen LogP contribution in [0.3, 0.4) is 0 Å². The van der Waals surface area contributed by atoms with E-state index >= 15 is 0 Å². The third-order valence-electron chi connectivity index (χ3n) is 5.33. The number of carbonyl (C=O) groups is 4. The summed E-state index contributed by atoms with van der Waals surface area (Å²) in [6.45, 7) is -0.508. The fourth-order valence-electron chi connectivity index (χ4n) is 3.79. The van der Waals surface area contributed by atoms with Crippen LogP contribution in [0.4, 0.5) is 11.4 Å². The van der Waals surface area contributed by atoms with Crippen molar-refractivity contribution in [1.29, 1.82) is 0 Å². The van der Waals surface area contributed by atoms with Crippen LogP contribution in [0.5, 0.6) is 0 Å². The zero-order chi connectivity index (χ0) is 22.0. The maximum Gasteiger partial charge on any atom is 0.338 e. The average molecular weight is 439 g/mol. The van der Waals surface area contributed by atoms with Gasteiger partial charge in [0.15, 0.2) is 6.61 Å². The summed E-state index contributed by atoms with van der Waals surface area (Å²) >= 11 is 5.99. The molecule has 2 aliphatic rings. The van der Waals surface area contributed by atoms with Gasteiger partial charge in [-0.05, 0) is 43.2 Å². The Morgan fingerprint density at radius 2 is 1.68 bits per heavy atom. The van der Waals surface area contributed by atoms with Crippen molar-refractivity contribution < 1.29 is 23.9 Å². The molecule has 1 fully saturated rings. The van der Waals surface area contributed by atoms with E-state index in [2.05, 4.69) is 5.32 Å². The van der Waals surface area contributed by atoms with Gasteiger partial charge in [0.25, 0.3) is 5.91 Å². The number of amides is 3. The summed E-state index contributed by atoms with van der Waals surface area (Å²) < 4.78 is 5.08. The molecule has 31 heavy (non-hydrogen) atoms. The summed E-state index contributed by atoms with van der Waals surface area (Å²) in [4.78, 5) is 51.1. The summed E-state index contributed by atoms with van der Waals surface area (Å²) in [5.41, 5.74) is 0.866. The Morgan fingerprint density at radius 3 is 2.35 bits per heavy atom. The van der Waals surface area contributed by atoms with E-state index in [4.69, 9.17) is 16.3 Å². The van der Waals surface area contributed by atoms with Gasteiger partial charge in [0.2, 0.25) is 11.8 Å². The highest BCUT2D eigenvalue weighted by molar-refractivity contribution is 6.33. The molecule has 1 aliphatic carbocycles. The second-order valence-corrected chi connectivity index (χ2v) is 7.73. The van der Waals surface area contributed by atoms with Gasteiger partial charge in [-0.3, -0.25) is 19.3 Å². The molecule has 7 nitrogen and oxygen atoms in total. The number of rotatable bonds is 5. The number of nitrogens with one attached hydrogen (secondary N) is 1. The Morgan fingerprint density at radius 1 is 1.00 bits per heavy atom. The second-order valence-electron chi connectivity index (χ2n) is 7.32. The maximum absolute atomic E-state index is 12.7. The number of carbonyl (C=O) groups excluding carboxylic acids is 4. The van der Waals surface area contributed by atoms with E-state index in [1.54, 1.807) is 36.4 Å². The van der Waals surface area contributed by atoms with Gasteiger partial charge in [-0.15, -0.1) is 0 Å². The number of halogens is 1. The van der Waals surface area contributed by atoms with Crippen LogP contribution in [0, 0.1) is 11.8 Å². The standard InChI is InChI=1S/C23H19ClN2O5/c24-18-10-3-4-11-19(18)25-20(27)13-31-23(30)14-6-5-7-15(12-14)26-21(28)16-8-1-2-9-17(16)22(26)29/h1-7,10-12,16-17H,8-9,13H2,(H,25,27)/t16-,17+. The van der Waals surface area contributed by atoms with Crippen molar-refractivity contribution in [3.63, 3.8) is 0 Å². The summed E-state index contributed by atoms with van der Waals surface area (Å²) in [7, 11) is 0. The number of hydrogen-bond donors (Lipinski definition) is 1. The fourth-order valence-corrected chi connectivity index (χ4v) is 3.97. The molecule has 1 saturated heterocycles. The Bertz CT molecular complexity index is 1070. The van der Waals surface area contributed by atoms with Gasteiger partial charge < -0.3 is 10.1 Å². The van der Waals surface area contributed by atoms with E-state index in [0.29, 0.717) is 29.2 Å². The first-order chi connectivity index (χ1) is 15.0. The molecule has 0 spiro atoms. The lowest BCUT2D eigenvalue weighted by atomic mass is 9.85. The number of hydrogen-bond acceptors (Lipinski definition) is 5. The van der Waals surface area contributed by atoms with Crippen molar-refractivity contribution in [2.75, 3.05) is 16.8 Å². The fraction of sp³-hybridized carbons (Fsp3) is 0.217. The molecule has 0 aromatic heterocycles. The highest BCUT2D eigenvalue weighted by Crippen LogP contribution is 2.37. The van der Waals surface area contributed by atoms with Gasteiger partial charge in [0.1, 0.15) is 0 Å². The van der Waals surface area contributed by atoms with E-state index in [1.807, 2.05) is 12.2 Å². The first-order valence-corrected chi connectivity index (χ1v) is 10.2. The lowest BCUT2D eigenvalue weighted by Gasteiger charge is -2.15. The number of fused-ring (bicyclic) bond motifs is 1. The van der Waals surface area contributed by atoms with Crippen LogP contribution in [0.25, 0.3) is 0 Å². The second kappa shape index (κ2) is 8.73. The van der Waals surface area contributed by atoms with Gasteiger partial charge >= 0.3 is 5.97 Å². The third-order valence-corrected chi connectivity index (χ3v) is 5.66. The first-order valence-electron chi connectivity index (χ1n) is 9.80. The molecule has 1 aliphatic heterocycles. The number of anilines is 2. The van der Waals surface area contributed by atoms with Crippen LogP contribution < -0.4 is 10.2 Å². The molecule has 0 bridgehead atoms. The van der Waals surface area contributed by atoms with Crippen molar-refractivity contribution in [3.05, 3.63) is 71.3 Å². The summed E-state index contributed by atoms with van der Waals surface area (Å²) in [6, 6.07) is 12.8. The van der Waals surface area contributed by atoms with Crippen LogP contribution >= 0.6 is 11.6 Å². The van der Waals surface area contributed by atoms with E-state index in [0.717, 1.165) is 4.90 Å². The number of esters is 1. The molecule has 1 heterocycles. The molecule has 0 unspecified atom stereocenters. The SMILES string of the molecule is O=C(COC(=O)c1cccc(N2C(=O)[C@H]3CC=CC[C@H]3C2=O)c1)Nc1ccccc1Cl. The van der Waals surface area contributed by atoms with E-state index in [1.165, 1.54) is 12.1 Å². The molecule has 8 heteroatoms. The molecular formula is C23H19ClN2O5. The number of allylic oxidation sites excluding steroid dienone is 2. The lowest BCUT2D eigenvalue weighted by molar-refractivity contribution is -0.122. The molecule has 158 valence electrons. The van der Waals surface area contributed by atoms with E-state index < -0.39 is 18.5 Å². The zero-order valence-corrected chi connectivity index (χ0v) is 17.2. The van der Waals surface area contributed by atoms with Gasteiger partial charge in [-0.25, -0.2) is 4.79 Å². The quantitative estimate of drug-likeness (QED) is 0.437. The first kappa shape index (κ1) is 20.8. The van der Waals surface area contributed by atoms with Crippen molar-refractivity contribution in [2.45, 2.75) is 12.8 Å². The number of ether oxygens (including phenoxy) is 1. The molecule has 1 N–H and O–H groups in total. The molecule has 4 rings (SSSR count). The number of imide groups is 1. The van der Waals surface area contributed by atoms with Gasteiger partial charge in [0.05, 0.1) is 33.8 Å². The zero-order valence-electron chi connectivity index (χ0n) is 16.4. The Kier molecular flexibility index (Phi) is 5.86. The Hall–Kier alpha value is -3.45. The Labute approximate surface area is 183 Å². The van der Waals surface area contributed by atoms with E-state index in [9.17, 15) is 19.2 Å². The minimum absolute atomic E-state index is 0.136. The Balaban J connectivity index is 1.42. The minimum Gasteiger partial charge on any atom is -0.452 e. The van der Waals surface area contributed by atoms with Crippen LogP contribution in [0.1, 0.15) is 23.2 Å². The van der Waals surface area contributed by atoms with Crippen LogP contribution in [0.2, 0.25) is 5.02 Å². The predicted molar refractivity (Wildman–Crippen MR) is 115 cm³/mol.